The second kappa shape index (κ2) is 4.42. The highest BCUT2D eigenvalue weighted by molar-refractivity contribution is 7.16. The second-order valence-electron chi connectivity index (χ2n) is 4.56. The number of likely N-dealkylation sites (N-methyl/N-ethyl adjacent to an activating group) is 1. The van der Waals surface area contributed by atoms with Gasteiger partial charge in [0.05, 0.1) is 4.34 Å². The van der Waals surface area contributed by atoms with Gasteiger partial charge in [0.15, 0.2) is 0 Å². The van der Waals surface area contributed by atoms with Crippen molar-refractivity contribution in [2.75, 3.05) is 20.1 Å². The van der Waals surface area contributed by atoms with Crippen LogP contribution in [0.4, 0.5) is 0 Å². The Labute approximate surface area is 100 Å². The van der Waals surface area contributed by atoms with Crippen LogP contribution in [-0.2, 0) is 6.42 Å². The van der Waals surface area contributed by atoms with E-state index in [2.05, 4.69) is 18.0 Å². The van der Waals surface area contributed by atoms with E-state index in [0.29, 0.717) is 0 Å². The van der Waals surface area contributed by atoms with E-state index < -0.39 is 0 Å². The number of halogens is 1. The Morgan fingerprint density at radius 1 is 1.53 bits per heavy atom. The Morgan fingerprint density at radius 2 is 2.27 bits per heavy atom. The Hall–Kier alpha value is -0.0900. The zero-order valence-corrected chi connectivity index (χ0v) is 10.6. The first-order chi connectivity index (χ1) is 7.07. The van der Waals surface area contributed by atoms with E-state index in [-0.39, 0.29) is 5.54 Å². The highest BCUT2D eigenvalue weighted by Gasteiger charge is 2.38. The van der Waals surface area contributed by atoms with Crippen molar-refractivity contribution in [1.29, 1.82) is 0 Å². The Bertz CT molecular complexity index is 333. The van der Waals surface area contributed by atoms with Gasteiger partial charge in [0.2, 0.25) is 0 Å². The number of thiophene rings is 1. The summed E-state index contributed by atoms with van der Waals surface area (Å²) >= 11 is 7.55. The molecule has 0 radical (unpaired) electrons. The first-order valence-electron chi connectivity index (χ1n) is 5.29. The second-order valence-corrected chi connectivity index (χ2v) is 6.36. The van der Waals surface area contributed by atoms with Gasteiger partial charge in [0, 0.05) is 23.5 Å². The minimum Gasteiger partial charge on any atom is -0.324 e. The van der Waals surface area contributed by atoms with Crippen molar-refractivity contribution in [2.24, 2.45) is 5.73 Å². The maximum absolute atomic E-state index is 6.06. The summed E-state index contributed by atoms with van der Waals surface area (Å²) in [6, 6.07) is 4.07. The molecule has 84 valence electrons. The van der Waals surface area contributed by atoms with E-state index in [1.54, 1.807) is 11.3 Å². The molecule has 2 nitrogen and oxygen atoms in total. The molecule has 2 N–H and O–H groups in total. The van der Waals surface area contributed by atoms with Gasteiger partial charge in [-0.2, -0.15) is 0 Å². The van der Waals surface area contributed by atoms with E-state index in [4.69, 9.17) is 17.3 Å². The van der Waals surface area contributed by atoms with Crippen molar-refractivity contribution in [3.05, 3.63) is 21.3 Å². The maximum atomic E-state index is 6.06. The molecule has 0 aromatic carbocycles. The van der Waals surface area contributed by atoms with Crippen LogP contribution in [0.3, 0.4) is 0 Å². The average molecular weight is 245 g/mol. The number of hydrogen-bond acceptors (Lipinski definition) is 3. The number of nitrogens with two attached hydrogens (primary N) is 1. The van der Waals surface area contributed by atoms with Crippen LogP contribution in [-0.4, -0.2) is 30.6 Å². The van der Waals surface area contributed by atoms with E-state index in [1.165, 1.54) is 17.7 Å². The van der Waals surface area contributed by atoms with Gasteiger partial charge in [0.25, 0.3) is 0 Å². The van der Waals surface area contributed by atoms with Gasteiger partial charge >= 0.3 is 0 Å². The number of hydrogen-bond donors (Lipinski definition) is 1. The van der Waals surface area contributed by atoms with Crippen molar-refractivity contribution in [3.63, 3.8) is 0 Å². The number of rotatable bonds is 5. The first kappa shape index (κ1) is 11.4. The Kier molecular flexibility index (Phi) is 3.36. The van der Waals surface area contributed by atoms with Crippen molar-refractivity contribution >= 4 is 22.9 Å². The van der Waals surface area contributed by atoms with Gasteiger partial charge in [-0.25, -0.2) is 0 Å². The molecule has 0 spiro atoms. The van der Waals surface area contributed by atoms with E-state index >= 15 is 0 Å². The predicted octanol–water partition coefficient (Wildman–Crippen LogP) is 2.37. The highest BCUT2D eigenvalue weighted by Crippen LogP contribution is 2.32. The maximum Gasteiger partial charge on any atom is 0.0931 e. The van der Waals surface area contributed by atoms with Gasteiger partial charge in [-0.05, 0) is 38.4 Å². The monoisotopic (exact) mass is 244 g/mol. The summed E-state index contributed by atoms with van der Waals surface area (Å²) in [6.45, 7) is 2.09. The van der Waals surface area contributed by atoms with E-state index in [0.717, 1.165) is 23.8 Å². The topological polar surface area (TPSA) is 29.3 Å². The van der Waals surface area contributed by atoms with Gasteiger partial charge in [0.1, 0.15) is 0 Å². The summed E-state index contributed by atoms with van der Waals surface area (Å²) < 4.78 is 0.880. The molecule has 1 heterocycles. The van der Waals surface area contributed by atoms with E-state index in [9.17, 15) is 0 Å². The third-order valence-corrected chi connectivity index (χ3v) is 4.14. The molecule has 0 bridgehead atoms. The van der Waals surface area contributed by atoms with Crippen LogP contribution in [0.15, 0.2) is 12.1 Å². The minimum absolute atomic E-state index is 0.127. The van der Waals surface area contributed by atoms with Crippen molar-refractivity contribution in [2.45, 2.75) is 24.8 Å². The lowest BCUT2D eigenvalue weighted by Gasteiger charge is -2.20. The first-order valence-corrected chi connectivity index (χ1v) is 6.48. The van der Waals surface area contributed by atoms with Gasteiger partial charge in [-0.3, -0.25) is 0 Å². The molecular weight excluding hydrogens is 228 g/mol. The van der Waals surface area contributed by atoms with Crippen molar-refractivity contribution < 1.29 is 0 Å². The molecule has 1 aliphatic rings. The minimum atomic E-state index is 0.127. The highest BCUT2D eigenvalue weighted by atomic mass is 35.5. The van der Waals surface area contributed by atoms with Gasteiger partial charge in [-0.15, -0.1) is 11.3 Å². The Morgan fingerprint density at radius 3 is 2.80 bits per heavy atom. The summed E-state index contributed by atoms with van der Waals surface area (Å²) in [4.78, 5) is 3.68. The normalized spacial score (nSPS) is 18.4. The number of nitrogens with zero attached hydrogens (tertiary/aromatic N) is 1. The molecule has 15 heavy (non-hydrogen) atoms. The smallest absolute Gasteiger partial charge is 0.0931 e. The van der Waals surface area contributed by atoms with Crippen LogP contribution in [0.2, 0.25) is 4.34 Å². The van der Waals surface area contributed by atoms with Crippen molar-refractivity contribution in [1.82, 2.24) is 4.90 Å². The molecule has 1 aromatic rings. The molecule has 1 aliphatic carbocycles. The molecule has 0 unspecified atom stereocenters. The average Bonchev–Trinajstić information content (AvgIpc) is 2.74. The fourth-order valence-electron chi connectivity index (χ4n) is 1.72. The van der Waals surface area contributed by atoms with Crippen LogP contribution < -0.4 is 5.73 Å². The lowest BCUT2D eigenvalue weighted by Crippen LogP contribution is -2.38. The SMILES string of the molecule is CN(CCc1ccc(Cl)s1)CC1(N)CC1. The third-order valence-electron chi connectivity index (χ3n) is 2.85. The Balaban J connectivity index is 1.73. The molecule has 0 atom stereocenters. The lowest BCUT2D eigenvalue weighted by molar-refractivity contribution is 0.307. The summed E-state index contributed by atoms with van der Waals surface area (Å²) in [5.74, 6) is 0. The predicted molar refractivity (Wildman–Crippen MR) is 66.7 cm³/mol. The summed E-state index contributed by atoms with van der Waals surface area (Å²) in [5, 5.41) is 0. The van der Waals surface area contributed by atoms with Crippen LogP contribution in [0.5, 0.6) is 0 Å². The third kappa shape index (κ3) is 3.45. The fraction of sp³-hybridized carbons (Fsp3) is 0.636. The standard InChI is InChI=1S/C11H17ClN2S/c1-14(8-11(13)5-6-11)7-4-9-2-3-10(12)15-9/h2-3H,4-8,13H2,1H3. The largest absolute Gasteiger partial charge is 0.324 e. The zero-order valence-electron chi connectivity index (χ0n) is 9.00. The molecule has 0 amide bonds. The van der Waals surface area contributed by atoms with Crippen molar-refractivity contribution in [3.8, 4) is 0 Å². The van der Waals surface area contributed by atoms with Crippen LogP contribution in [0.25, 0.3) is 0 Å². The molecule has 1 saturated carbocycles. The molecular formula is C11H17ClN2S. The van der Waals surface area contributed by atoms with Crippen LogP contribution in [0.1, 0.15) is 17.7 Å². The molecule has 1 aromatic heterocycles. The molecule has 4 heteroatoms. The zero-order chi connectivity index (χ0) is 10.9. The van der Waals surface area contributed by atoms with E-state index in [1.807, 2.05) is 6.07 Å². The van der Waals surface area contributed by atoms with Crippen LogP contribution in [0, 0.1) is 0 Å². The summed E-state index contributed by atoms with van der Waals surface area (Å²) in [5.41, 5.74) is 6.19. The molecule has 0 aliphatic heterocycles. The molecule has 0 saturated heterocycles. The van der Waals surface area contributed by atoms with Gasteiger partial charge < -0.3 is 10.6 Å². The lowest BCUT2D eigenvalue weighted by atomic mass is 10.2. The molecule has 2 rings (SSSR count). The summed E-state index contributed by atoms with van der Waals surface area (Å²) in [6.07, 6.45) is 3.44. The molecule has 1 fully saturated rings. The summed E-state index contributed by atoms with van der Waals surface area (Å²) in [7, 11) is 2.14. The van der Waals surface area contributed by atoms with Gasteiger partial charge in [-0.1, -0.05) is 11.6 Å². The fourth-order valence-corrected chi connectivity index (χ4v) is 2.80. The van der Waals surface area contributed by atoms with Crippen LogP contribution >= 0.6 is 22.9 Å². The quantitative estimate of drug-likeness (QED) is 0.862.